The molecular weight excluding hydrogens is 384 g/mol. The maximum absolute atomic E-state index is 8.58. The Labute approximate surface area is 171 Å². The SMILES string of the molecule is COc1ccc(-c2cccnc2)cc1Nc1ncnc(N)c1C(=N)c1ccsc1. The number of ether oxygens (including phenoxy) is 1. The van der Waals surface area contributed by atoms with Crippen molar-refractivity contribution in [1.82, 2.24) is 15.0 Å². The van der Waals surface area contributed by atoms with E-state index in [0.717, 1.165) is 16.7 Å². The fourth-order valence-corrected chi connectivity index (χ4v) is 3.58. The minimum absolute atomic E-state index is 0.237. The molecule has 3 heterocycles. The summed E-state index contributed by atoms with van der Waals surface area (Å²) in [6.45, 7) is 0. The lowest BCUT2D eigenvalue weighted by Gasteiger charge is -2.16. The molecule has 0 atom stereocenters. The number of nitrogens with one attached hydrogen (secondary N) is 2. The van der Waals surface area contributed by atoms with Gasteiger partial charge in [0.15, 0.2) is 0 Å². The lowest BCUT2D eigenvalue weighted by Crippen LogP contribution is -2.12. The molecule has 1 aromatic carbocycles. The van der Waals surface area contributed by atoms with Crippen molar-refractivity contribution in [2.24, 2.45) is 0 Å². The molecule has 0 aliphatic heterocycles. The van der Waals surface area contributed by atoms with Gasteiger partial charge in [0, 0.05) is 28.9 Å². The van der Waals surface area contributed by atoms with Crippen molar-refractivity contribution in [2.45, 2.75) is 0 Å². The first kappa shape index (κ1) is 18.6. The predicted molar refractivity (Wildman–Crippen MR) is 116 cm³/mol. The zero-order chi connectivity index (χ0) is 20.2. The van der Waals surface area contributed by atoms with E-state index in [0.29, 0.717) is 22.8 Å². The Morgan fingerprint density at radius 2 is 2.07 bits per heavy atom. The van der Waals surface area contributed by atoms with Crippen LogP contribution in [0.1, 0.15) is 11.1 Å². The van der Waals surface area contributed by atoms with Gasteiger partial charge in [-0.15, -0.1) is 0 Å². The largest absolute Gasteiger partial charge is 0.495 e. The fraction of sp³-hybridized carbons (Fsp3) is 0.0476. The number of benzene rings is 1. The van der Waals surface area contributed by atoms with E-state index < -0.39 is 0 Å². The van der Waals surface area contributed by atoms with E-state index in [2.05, 4.69) is 20.3 Å². The first-order valence-corrected chi connectivity index (χ1v) is 9.69. The number of nitrogens with zero attached hydrogens (tertiary/aromatic N) is 3. The van der Waals surface area contributed by atoms with Crippen molar-refractivity contribution in [2.75, 3.05) is 18.2 Å². The van der Waals surface area contributed by atoms with Crippen LogP contribution >= 0.6 is 11.3 Å². The van der Waals surface area contributed by atoms with Crippen LogP contribution in [0.2, 0.25) is 0 Å². The molecule has 0 saturated carbocycles. The van der Waals surface area contributed by atoms with Crippen molar-refractivity contribution in [3.05, 3.63) is 77.0 Å². The molecule has 0 amide bonds. The molecule has 8 heteroatoms. The monoisotopic (exact) mass is 402 g/mol. The third-order valence-corrected chi connectivity index (χ3v) is 5.07. The van der Waals surface area contributed by atoms with Gasteiger partial charge in [-0.3, -0.25) is 10.4 Å². The van der Waals surface area contributed by atoms with Gasteiger partial charge in [0.2, 0.25) is 0 Å². The molecule has 3 aromatic heterocycles. The first-order chi connectivity index (χ1) is 14.2. The van der Waals surface area contributed by atoms with Crippen molar-refractivity contribution in [3.63, 3.8) is 0 Å². The summed E-state index contributed by atoms with van der Waals surface area (Å²) in [6.07, 6.45) is 4.91. The minimum atomic E-state index is 0.237. The summed E-state index contributed by atoms with van der Waals surface area (Å²) in [5.74, 6) is 1.32. The normalized spacial score (nSPS) is 10.5. The zero-order valence-electron chi connectivity index (χ0n) is 15.6. The lowest BCUT2D eigenvalue weighted by atomic mass is 10.0. The summed E-state index contributed by atoms with van der Waals surface area (Å²) in [7, 11) is 1.60. The van der Waals surface area contributed by atoms with Crippen LogP contribution in [0.25, 0.3) is 11.1 Å². The molecule has 0 radical (unpaired) electrons. The number of methoxy groups -OCH3 is 1. The van der Waals surface area contributed by atoms with Gasteiger partial charge in [-0.05, 0) is 35.2 Å². The Balaban J connectivity index is 1.76. The highest BCUT2D eigenvalue weighted by Gasteiger charge is 2.18. The molecule has 0 unspecified atom stereocenters. The number of hydrogen-bond donors (Lipinski definition) is 3. The van der Waals surface area contributed by atoms with Gasteiger partial charge < -0.3 is 15.8 Å². The van der Waals surface area contributed by atoms with E-state index in [1.54, 1.807) is 19.5 Å². The number of aromatic nitrogens is 3. The van der Waals surface area contributed by atoms with Gasteiger partial charge in [-0.2, -0.15) is 11.3 Å². The number of hydrogen-bond acceptors (Lipinski definition) is 8. The van der Waals surface area contributed by atoms with Gasteiger partial charge in [0.05, 0.1) is 24.1 Å². The summed E-state index contributed by atoms with van der Waals surface area (Å²) in [6, 6.07) is 11.5. The molecule has 0 spiro atoms. The number of nitrogens with two attached hydrogens (primary N) is 1. The average Bonchev–Trinajstić information content (AvgIpc) is 3.29. The molecule has 0 aliphatic carbocycles. The van der Waals surface area contributed by atoms with Crippen molar-refractivity contribution in [1.29, 1.82) is 5.41 Å². The molecule has 0 bridgehead atoms. The maximum atomic E-state index is 8.58. The standard InChI is InChI=1S/C21H18N6OS/c1-28-17-5-4-13(14-3-2-7-24-10-14)9-16(17)27-21-18(20(23)25-12-26-21)19(22)15-6-8-29-11-15/h2-12,22H,1H3,(H3,23,25,26,27). The van der Waals surface area contributed by atoms with Crippen LogP contribution in [0.4, 0.5) is 17.3 Å². The summed E-state index contributed by atoms with van der Waals surface area (Å²) >= 11 is 1.52. The number of pyridine rings is 1. The number of nitrogen functional groups attached to an aromatic ring is 1. The van der Waals surface area contributed by atoms with E-state index in [9.17, 15) is 0 Å². The van der Waals surface area contributed by atoms with Crippen molar-refractivity contribution >= 4 is 34.4 Å². The van der Waals surface area contributed by atoms with Crippen LogP contribution < -0.4 is 15.8 Å². The van der Waals surface area contributed by atoms with Crippen molar-refractivity contribution in [3.8, 4) is 16.9 Å². The molecular formula is C21H18N6OS. The predicted octanol–water partition coefficient (Wildman–Crippen LogP) is 4.35. The molecule has 0 fully saturated rings. The second-order valence-corrected chi connectivity index (χ2v) is 6.93. The highest BCUT2D eigenvalue weighted by atomic mass is 32.1. The van der Waals surface area contributed by atoms with E-state index >= 15 is 0 Å². The van der Waals surface area contributed by atoms with Gasteiger partial charge in [0.1, 0.15) is 23.7 Å². The third kappa shape index (κ3) is 3.78. The second-order valence-electron chi connectivity index (χ2n) is 6.15. The summed E-state index contributed by atoms with van der Waals surface area (Å²) in [5.41, 5.74) is 10.2. The molecule has 4 aromatic rings. The van der Waals surface area contributed by atoms with Crippen molar-refractivity contribution < 1.29 is 4.74 Å². The third-order valence-electron chi connectivity index (χ3n) is 4.38. The topological polar surface area (TPSA) is 110 Å². The van der Waals surface area contributed by atoms with E-state index in [-0.39, 0.29) is 11.5 Å². The quantitative estimate of drug-likeness (QED) is 0.414. The molecule has 29 heavy (non-hydrogen) atoms. The smallest absolute Gasteiger partial charge is 0.145 e. The number of thiophene rings is 1. The summed E-state index contributed by atoms with van der Waals surface area (Å²) in [5, 5.41) is 15.7. The Morgan fingerprint density at radius 3 is 2.79 bits per heavy atom. The first-order valence-electron chi connectivity index (χ1n) is 8.75. The number of anilines is 3. The Morgan fingerprint density at radius 1 is 1.17 bits per heavy atom. The molecule has 4 rings (SSSR count). The molecule has 4 N–H and O–H groups in total. The zero-order valence-corrected chi connectivity index (χ0v) is 16.4. The Kier molecular flexibility index (Phi) is 5.17. The maximum Gasteiger partial charge on any atom is 0.145 e. The highest BCUT2D eigenvalue weighted by molar-refractivity contribution is 7.08. The van der Waals surface area contributed by atoms with Gasteiger partial charge >= 0.3 is 0 Å². The van der Waals surface area contributed by atoms with Gasteiger partial charge in [-0.25, -0.2) is 9.97 Å². The lowest BCUT2D eigenvalue weighted by molar-refractivity contribution is 0.417. The summed E-state index contributed by atoms with van der Waals surface area (Å²) in [4.78, 5) is 12.6. The average molecular weight is 402 g/mol. The summed E-state index contributed by atoms with van der Waals surface area (Å²) < 4.78 is 5.51. The fourth-order valence-electron chi connectivity index (χ4n) is 2.94. The highest BCUT2D eigenvalue weighted by Crippen LogP contribution is 2.34. The van der Waals surface area contributed by atoms with Crippen LogP contribution in [0, 0.1) is 5.41 Å². The Hall–Kier alpha value is -3.78. The van der Waals surface area contributed by atoms with Crippen LogP contribution in [-0.4, -0.2) is 27.8 Å². The van der Waals surface area contributed by atoms with E-state index in [1.165, 1.54) is 17.7 Å². The van der Waals surface area contributed by atoms with E-state index in [4.69, 9.17) is 15.9 Å². The van der Waals surface area contributed by atoms with Crippen LogP contribution in [0.5, 0.6) is 5.75 Å². The minimum Gasteiger partial charge on any atom is -0.495 e. The molecule has 144 valence electrons. The van der Waals surface area contributed by atoms with E-state index in [1.807, 2.05) is 47.2 Å². The molecule has 0 saturated heterocycles. The number of rotatable bonds is 6. The molecule has 0 aliphatic rings. The van der Waals surface area contributed by atoms with Crippen LogP contribution in [0.3, 0.4) is 0 Å². The Bertz CT molecular complexity index is 1150. The second kappa shape index (κ2) is 8.07. The van der Waals surface area contributed by atoms with Crippen LogP contribution in [-0.2, 0) is 0 Å². The van der Waals surface area contributed by atoms with Gasteiger partial charge in [-0.1, -0.05) is 12.1 Å². The molecule has 7 nitrogen and oxygen atoms in total. The van der Waals surface area contributed by atoms with Crippen LogP contribution in [0.15, 0.2) is 65.9 Å². The van der Waals surface area contributed by atoms with Gasteiger partial charge in [0.25, 0.3) is 0 Å².